The second-order valence-electron chi connectivity index (χ2n) is 10.6. The molecule has 0 spiro atoms. The molecule has 2 amide bonds. The molecular formula is C27H37F2N7O2. The lowest BCUT2D eigenvalue weighted by molar-refractivity contribution is 0.152. The molecule has 2 aromatic rings. The zero-order chi connectivity index (χ0) is 26.6. The van der Waals surface area contributed by atoms with Gasteiger partial charge in [0.05, 0.1) is 6.54 Å². The van der Waals surface area contributed by atoms with E-state index in [4.69, 9.17) is 0 Å². The molecule has 11 heteroatoms. The van der Waals surface area contributed by atoms with E-state index in [1.807, 2.05) is 0 Å². The Morgan fingerprint density at radius 2 is 1.84 bits per heavy atom. The maximum Gasteiger partial charge on any atom is 0.330 e. The van der Waals surface area contributed by atoms with Gasteiger partial charge in [0.15, 0.2) is 11.6 Å². The smallest absolute Gasteiger partial charge is 0.330 e. The Bertz CT molecular complexity index is 1140. The number of phenolic OH excluding ortho intramolecular Hbond substituents is 1. The van der Waals surface area contributed by atoms with Crippen molar-refractivity contribution in [1.29, 1.82) is 0 Å². The first-order chi connectivity index (χ1) is 18.4. The summed E-state index contributed by atoms with van der Waals surface area (Å²) in [6, 6.07) is 1.26. The van der Waals surface area contributed by atoms with Gasteiger partial charge in [-0.3, -0.25) is 9.80 Å². The fraction of sp³-hybridized carbons (Fsp3) is 0.593. The number of hydrogen-bond acceptors (Lipinski definition) is 7. The highest BCUT2D eigenvalue weighted by Gasteiger charge is 2.40. The first kappa shape index (κ1) is 26.6. The van der Waals surface area contributed by atoms with Crippen LogP contribution in [0.3, 0.4) is 0 Å². The molecule has 1 aromatic heterocycles. The second-order valence-corrected chi connectivity index (χ2v) is 10.6. The molecular weight excluding hydrogens is 492 g/mol. The SMILES string of the molecule is CN1CCN(CCCCCNc2ncc3c(n2)N(C2CCCC2)C(=O)N(c2c(F)ccc(O)c2F)C3)CC1. The van der Waals surface area contributed by atoms with Crippen LogP contribution < -0.4 is 15.1 Å². The first-order valence-corrected chi connectivity index (χ1v) is 13.7. The van der Waals surface area contributed by atoms with Crippen LogP contribution in [0.25, 0.3) is 0 Å². The number of benzene rings is 1. The number of aromatic hydroxyl groups is 1. The van der Waals surface area contributed by atoms with Crippen LogP contribution in [-0.2, 0) is 6.54 Å². The molecule has 1 aliphatic carbocycles. The summed E-state index contributed by atoms with van der Waals surface area (Å²) in [5, 5.41) is 13.1. The number of urea groups is 1. The first-order valence-electron chi connectivity index (χ1n) is 13.7. The number of aromatic nitrogens is 2. The van der Waals surface area contributed by atoms with E-state index in [1.165, 1.54) is 0 Å². The number of rotatable bonds is 9. The predicted molar refractivity (Wildman–Crippen MR) is 143 cm³/mol. The van der Waals surface area contributed by atoms with Crippen molar-refractivity contribution in [1.82, 2.24) is 19.8 Å². The Labute approximate surface area is 222 Å². The quantitative estimate of drug-likeness (QED) is 0.471. The summed E-state index contributed by atoms with van der Waals surface area (Å²) in [4.78, 5) is 30.2. The zero-order valence-corrected chi connectivity index (χ0v) is 22.0. The molecule has 1 aromatic carbocycles. The monoisotopic (exact) mass is 529 g/mol. The van der Waals surface area contributed by atoms with Crippen LogP contribution >= 0.6 is 0 Å². The van der Waals surface area contributed by atoms with E-state index in [2.05, 4.69) is 32.1 Å². The summed E-state index contributed by atoms with van der Waals surface area (Å²) >= 11 is 0. The van der Waals surface area contributed by atoms with Crippen molar-refractivity contribution in [3.8, 4) is 5.75 Å². The number of hydrogen-bond donors (Lipinski definition) is 2. The third kappa shape index (κ3) is 5.68. The van der Waals surface area contributed by atoms with Crippen molar-refractivity contribution < 1.29 is 18.7 Å². The van der Waals surface area contributed by atoms with Gasteiger partial charge in [-0.15, -0.1) is 0 Å². The lowest BCUT2D eigenvalue weighted by Gasteiger charge is -2.39. The number of halogens is 2. The fourth-order valence-electron chi connectivity index (χ4n) is 5.61. The number of nitrogens with one attached hydrogen (secondary N) is 1. The topological polar surface area (TPSA) is 88.1 Å². The molecule has 2 fully saturated rings. The third-order valence-electron chi connectivity index (χ3n) is 7.87. The molecule has 2 N–H and O–H groups in total. The van der Waals surface area contributed by atoms with Gasteiger partial charge in [-0.1, -0.05) is 19.3 Å². The Hall–Kier alpha value is -3.05. The molecule has 2 aliphatic heterocycles. The minimum Gasteiger partial charge on any atom is -0.505 e. The lowest BCUT2D eigenvalue weighted by Crippen LogP contribution is -2.52. The van der Waals surface area contributed by atoms with E-state index in [0.29, 0.717) is 17.3 Å². The van der Waals surface area contributed by atoms with Gasteiger partial charge in [-0.05, 0) is 51.4 Å². The molecule has 38 heavy (non-hydrogen) atoms. The predicted octanol–water partition coefficient (Wildman–Crippen LogP) is 4.18. The minimum atomic E-state index is -1.15. The number of unbranched alkanes of at least 4 members (excludes halogenated alkanes) is 2. The van der Waals surface area contributed by atoms with Crippen LogP contribution in [0.4, 0.5) is 31.0 Å². The van der Waals surface area contributed by atoms with E-state index in [9.17, 15) is 18.7 Å². The largest absolute Gasteiger partial charge is 0.505 e. The number of amides is 2. The van der Waals surface area contributed by atoms with E-state index < -0.39 is 29.1 Å². The number of phenols is 1. The van der Waals surface area contributed by atoms with Gasteiger partial charge in [0.1, 0.15) is 17.3 Å². The fourth-order valence-corrected chi connectivity index (χ4v) is 5.61. The molecule has 0 unspecified atom stereocenters. The highest BCUT2D eigenvalue weighted by atomic mass is 19.1. The van der Waals surface area contributed by atoms with Crippen LogP contribution in [0.2, 0.25) is 0 Å². The summed E-state index contributed by atoms with van der Waals surface area (Å²) in [7, 11) is 2.17. The maximum absolute atomic E-state index is 14.8. The van der Waals surface area contributed by atoms with Gasteiger partial charge < -0.3 is 20.2 Å². The van der Waals surface area contributed by atoms with Crippen LogP contribution in [0.1, 0.15) is 50.5 Å². The molecule has 9 nitrogen and oxygen atoms in total. The average molecular weight is 530 g/mol. The number of piperazine rings is 1. The van der Waals surface area contributed by atoms with Crippen molar-refractivity contribution in [2.45, 2.75) is 57.5 Å². The zero-order valence-electron chi connectivity index (χ0n) is 22.0. The lowest BCUT2D eigenvalue weighted by atomic mass is 10.1. The Kier molecular flexibility index (Phi) is 8.23. The van der Waals surface area contributed by atoms with Crippen molar-refractivity contribution >= 4 is 23.5 Å². The van der Waals surface area contributed by atoms with Crippen molar-refractivity contribution in [2.24, 2.45) is 0 Å². The molecule has 1 saturated carbocycles. The van der Waals surface area contributed by atoms with Crippen LogP contribution in [0.15, 0.2) is 18.3 Å². The van der Waals surface area contributed by atoms with Gasteiger partial charge in [0, 0.05) is 50.5 Å². The molecule has 1 saturated heterocycles. The van der Waals surface area contributed by atoms with E-state index in [1.54, 1.807) is 11.1 Å². The summed E-state index contributed by atoms with van der Waals surface area (Å²) in [5.74, 6) is -1.82. The van der Waals surface area contributed by atoms with Gasteiger partial charge in [0.2, 0.25) is 5.95 Å². The summed E-state index contributed by atoms with van der Waals surface area (Å²) in [6.07, 6.45) is 8.41. The van der Waals surface area contributed by atoms with E-state index >= 15 is 0 Å². The van der Waals surface area contributed by atoms with E-state index in [0.717, 1.165) is 101 Å². The summed E-state index contributed by atoms with van der Waals surface area (Å²) in [5.41, 5.74) is 0.0544. The van der Waals surface area contributed by atoms with Crippen LogP contribution in [-0.4, -0.2) is 83.3 Å². The van der Waals surface area contributed by atoms with Gasteiger partial charge in [-0.25, -0.2) is 18.6 Å². The van der Waals surface area contributed by atoms with Gasteiger partial charge in [0.25, 0.3) is 0 Å². The normalized spacial score (nSPS) is 19.3. The molecule has 0 atom stereocenters. The second kappa shape index (κ2) is 11.8. The minimum absolute atomic E-state index is 0.0821. The van der Waals surface area contributed by atoms with Crippen LogP contribution in [0, 0.1) is 11.6 Å². The molecule has 206 valence electrons. The highest BCUT2D eigenvalue weighted by Crippen LogP contribution is 2.39. The molecule has 0 radical (unpaired) electrons. The Balaban J connectivity index is 1.25. The molecule has 3 aliphatic rings. The maximum atomic E-state index is 14.8. The molecule has 0 bridgehead atoms. The van der Waals surface area contributed by atoms with Crippen molar-refractivity contribution in [3.63, 3.8) is 0 Å². The Morgan fingerprint density at radius 1 is 1.08 bits per heavy atom. The molecule has 3 heterocycles. The number of fused-ring (bicyclic) bond motifs is 1. The summed E-state index contributed by atoms with van der Waals surface area (Å²) in [6.45, 7) is 6.30. The highest BCUT2D eigenvalue weighted by molar-refractivity contribution is 6.06. The standard InChI is InChI=1S/C27H37F2N7O2/c1-33-13-15-34(16-14-33)12-6-2-5-11-30-26-31-17-19-18-35(24-21(28)9-10-22(37)23(24)29)27(38)36(25(19)32-26)20-7-3-4-8-20/h9-10,17,20,37H,2-8,11-16,18H2,1H3,(H,30,31,32). The van der Waals surface area contributed by atoms with Crippen molar-refractivity contribution in [3.05, 3.63) is 35.5 Å². The number of anilines is 3. The van der Waals surface area contributed by atoms with Crippen molar-refractivity contribution in [2.75, 3.05) is 61.4 Å². The number of likely N-dealkylation sites (N-methyl/N-ethyl adjacent to an activating group) is 1. The summed E-state index contributed by atoms with van der Waals surface area (Å²) < 4.78 is 29.4. The molecule has 5 rings (SSSR count). The van der Waals surface area contributed by atoms with Gasteiger partial charge in [-0.2, -0.15) is 4.98 Å². The third-order valence-corrected chi connectivity index (χ3v) is 7.87. The van der Waals surface area contributed by atoms with E-state index in [-0.39, 0.29) is 12.6 Å². The number of carbonyl (C=O) groups is 1. The number of nitrogens with zero attached hydrogens (tertiary/aromatic N) is 6. The number of carbonyl (C=O) groups excluding carboxylic acids is 1. The average Bonchev–Trinajstić information content (AvgIpc) is 3.44. The van der Waals surface area contributed by atoms with Crippen LogP contribution in [0.5, 0.6) is 5.75 Å². The van der Waals surface area contributed by atoms with Gasteiger partial charge >= 0.3 is 6.03 Å². The Morgan fingerprint density at radius 3 is 2.61 bits per heavy atom.